The van der Waals surface area contributed by atoms with Crippen LogP contribution in [0.1, 0.15) is 24.1 Å². The van der Waals surface area contributed by atoms with Gasteiger partial charge in [-0.25, -0.2) is 8.78 Å². The number of hydrogen-bond acceptors (Lipinski definition) is 3. The van der Waals surface area contributed by atoms with Crippen molar-refractivity contribution < 1.29 is 8.78 Å². The van der Waals surface area contributed by atoms with Gasteiger partial charge in [-0.3, -0.25) is 16.0 Å². The summed E-state index contributed by atoms with van der Waals surface area (Å²) in [5.41, 5.74) is 3.64. The number of nitrogens with one attached hydrogen (secondary N) is 1. The molecular formula is C13H16F2N4. The Balaban J connectivity index is 2.22. The predicted molar refractivity (Wildman–Crippen MR) is 68.0 cm³/mol. The van der Waals surface area contributed by atoms with Gasteiger partial charge in [-0.1, -0.05) is 0 Å². The van der Waals surface area contributed by atoms with Crippen molar-refractivity contribution >= 4 is 0 Å². The van der Waals surface area contributed by atoms with Gasteiger partial charge in [0.05, 0.1) is 12.2 Å². The van der Waals surface area contributed by atoms with Crippen molar-refractivity contribution in [3.63, 3.8) is 0 Å². The Morgan fingerprint density at radius 1 is 1.42 bits per heavy atom. The average Bonchev–Trinajstić information content (AvgIpc) is 2.87. The largest absolute Gasteiger partial charge is 0.273 e. The van der Waals surface area contributed by atoms with Crippen LogP contribution in [0, 0.1) is 11.6 Å². The Labute approximate surface area is 110 Å². The van der Waals surface area contributed by atoms with Crippen LogP contribution in [0.4, 0.5) is 8.78 Å². The van der Waals surface area contributed by atoms with Gasteiger partial charge in [0.25, 0.3) is 0 Å². The smallest absolute Gasteiger partial charge is 0.128 e. The highest BCUT2D eigenvalue weighted by molar-refractivity contribution is 5.24. The molecule has 3 N–H and O–H groups in total. The zero-order chi connectivity index (χ0) is 13.8. The molecule has 0 amide bonds. The summed E-state index contributed by atoms with van der Waals surface area (Å²) < 4.78 is 28.7. The lowest BCUT2D eigenvalue weighted by Gasteiger charge is -2.16. The molecule has 0 aliphatic heterocycles. The van der Waals surface area contributed by atoms with Crippen molar-refractivity contribution in [1.82, 2.24) is 15.2 Å². The molecule has 0 bridgehead atoms. The lowest BCUT2D eigenvalue weighted by atomic mass is 10.0. The van der Waals surface area contributed by atoms with Gasteiger partial charge in [0.1, 0.15) is 11.6 Å². The van der Waals surface area contributed by atoms with Gasteiger partial charge in [0.15, 0.2) is 0 Å². The van der Waals surface area contributed by atoms with Crippen molar-refractivity contribution in [2.24, 2.45) is 5.84 Å². The van der Waals surface area contributed by atoms with Gasteiger partial charge in [0, 0.05) is 18.3 Å². The molecule has 0 saturated heterocycles. The monoisotopic (exact) mass is 266 g/mol. The number of benzene rings is 1. The molecule has 102 valence electrons. The first-order chi connectivity index (χ1) is 9.13. The zero-order valence-electron chi connectivity index (χ0n) is 10.6. The second-order valence-corrected chi connectivity index (χ2v) is 4.29. The average molecular weight is 266 g/mol. The minimum absolute atomic E-state index is 0.215. The van der Waals surface area contributed by atoms with E-state index < -0.39 is 17.7 Å². The number of rotatable bonds is 5. The van der Waals surface area contributed by atoms with Crippen LogP contribution < -0.4 is 11.3 Å². The second-order valence-electron chi connectivity index (χ2n) is 4.29. The third kappa shape index (κ3) is 3.15. The van der Waals surface area contributed by atoms with Gasteiger partial charge < -0.3 is 0 Å². The van der Waals surface area contributed by atoms with Crippen molar-refractivity contribution in [2.45, 2.75) is 25.9 Å². The highest BCUT2D eigenvalue weighted by Gasteiger charge is 2.16. The maximum Gasteiger partial charge on any atom is 0.128 e. The molecule has 1 atom stereocenters. The van der Waals surface area contributed by atoms with Crippen LogP contribution in [-0.4, -0.2) is 9.78 Å². The molecule has 0 aliphatic rings. The van der Waals surface area contributed by atoms with E-state index in [4.69, 9.17) is 5.84 Å². The van der Waals surface area contributed by atoms with E-state index in [9.17, 15) is 8.78 Å². The fourth-order valence-electron chi connectivity index (χ4n) is 1.96. The lowest BCUT2D eigenvalue weighted by molar-refractivity contribution is 0.502. The summed E-state index contributed by atoms with van der Waals surface area (Å²) in [6.45, 7) is 2.73. The Kier molecular flexibility index (Phi) is 4.24. The summed E-state index contributed by atoms with van der Waals surface area (Å²) in [5, 5.41) is 4.14. The van der Waals surface area contributed by atoms with Crippen LogP contribution in [0.2, 0.25) is 0 Å². The highest BCUT2D eigenvalue weighted by atomic mass is 19.1. The third-order valence-corrected chi connectivity index (χ3v) is 2.99. The topological polar surface area (TPSA) is 55.9 Å². The van der Waals surface area contributed by atoms with E-state index in [-0.39, 0.29) is 5.56 Å². The number of hydrazine groups is 1. The van der Waals surface area contributed by atoms with Gasteiger partial charge in [0.2, 0.25) is 0 Å². The Bertz CT molecular complexity index is 553. The van der Waals surface area contributed by atoms with Crippen molar-refractivity contribution in [1.29, 1.82) is 0 Å². The summed E-state index contributed by atoms with van der Waals surface area (Å²) in [6, 6.07) is 2.85. The van der Waals surface area contributed by atoms with Crippen molar-refractivity contribution in [3.8, 4) is 0 Å². The number of aromatic nitrogens is 2. The summed E-state index contributed by atoms with van der Waals surface area (Å²) in [7, 11) is 0. The van der Waals surface area contributed by atoms with Crippen LogP contribution in [0.25, 0.3) is 0 Å². The zero-order valence-corrected chi connectivity index (χ0v) is 10.6. The number of nitrogens with zero attached hydrogens (tertiary/aromatic N) is 2. The van der Waals surface area contributed by atoms with E-state index in [2.05, 4.69) is 10.5 Å². The standard InChI is InChI=1S/C13H16F2N4/c1-2-19-8-9(7-17-19)5-13(18-16)11-6-10(14)3-4-12(11)15/h3-4,6-8,13,18H,2,5,16H2,1H3. The van der Waals surface area contributed by atoms with Crippen LogP contribution in [-0.2, 0) is 13.0 Å². The number of nitrogens with two attached hydrogens (primary N) is 1. The highest BCUT2D eigenvalue weighted by Crippen LogP contribution is 2.21. The molecule has 0 radical (unpaired) electrons. The molecule has 0 spiro atoms. The number of aryl methyl sites for hydroxylation is 1. The number of halogens is 2. The summed E-state index contributed by atoms with van der Waals surface area (Å²) in [5.74, 6) is 4.48. The first-order valence-electron chi connectivity index (χ1n) is 6.06. The predicted octanol–water partition coefficient (Wildman–Crippen LogP) is 1.93. The van der Waals surface area contributed by atoms with Crippen LogP contribution in [0.5, 0.6) is 0 Å². The van der Waals surface area contributed by atoms with Crippen LogP contribution in [0.15, 0.2) is 30.6 Å². The molecule has 19 heavy (non-hydrogen) atoms. The molecule has 6 heteroatoms. The first-order valence-corrected chi connectivity index (χ1v) is 6.06. The second kappa shape index (κ2) is 5.90. The summed E-state index contributed by atoms with van der Waals surface area (Å²) in [6.07, 6.45) is 4.00. The van der Waals surface area contributed by atoms with Crippen molar-refractivity contribution in [3.05, 3.63) is 53.4 Å². The quantitative estimate of drug-likeness (QED) is 0.642. The fraction of sp³-hybridized carbons (Fsp3) is 0.308. The van der Waals surface area contributed by atoms with Gasteiger partial charge in [-0.15, -0.1) is 0 Å². The first kappa shape index (κ1) is 13.6. The molecule has 1 heterocycles. The van der Waals surface area contributed by atoms with Crippen LogP contribution in [0.3, 0.4) is 0 Å². The Morgan fingerprint density at radius 2 is 2.21 bits per heavy atom. The van der Waals surface area contributed by atoms with Gasteiger partial charge in [-0.05, 0) is 37.1 Å². The van der Waals surface area contributed by atoms with E-state index >= 15 is 0 Å². The van der Waals surface area contributed by atoms with E-state index in [1.54, 1.807) is 10.9 Å². The minimum atomic E-state index is -0.495. The molecular weight excluding hydrogens is 250 g/mol. The van der Waals surface area contributed by atoms with Gasteiger partial charge >= 0.3 is 0 Å². The minimum Gasteiger partial charge on any atom is -0.273 e. The molecule has 0 fully saturated rings. The fourth-order valence-corrected chi connectivity index (χ4v) is 1.96. The van der Waals surface area contributed by atoms with E-state index in [1.807, 2.05) is 13.1 Å². The Morgan fingerprint density at radius 3 is 2.84 bits per heavy atom. The molecule has 1 aromatic heterocycles. The maximum atomic E-state index is 13.7. The molecule has 0 saturated carbocycles. The molecule has 4 nitrogen and oxygen atoms in total. The lowest BCUT2D eigenvalue weighted by Crippen LogP contribution is -2.30. The molecule has 2 rings (SSSR count). The Hall–Kier alpha value is -1.79. The molecule has 1 aromatic carbocycles. The van der Waals surface area contributed by atoms with E-state index in [0.29, 0.717) is 6.42 Å². The summed E-state index contributed by atoms with van der Waals surface area (Å²) >= 11 is 0. The third-order valence-electron chi connectivity index (χ3n) is 2.99. The van der Waals surface area contributed by atoms with Crippen molar-refractivity contribution in [2.75, 3.05) is 0 Å². The van der Waals surface area contributed by atoms with Crippen LogP contribution >= 0.6 is 0 Å². The molecule has 2 aromatic rings. The summed E-state index contributed by atoms with van der Waals surface area (Å²) in [4.78, 5) is 0. The molecule has 0 aliphatic carbocycles. The molecule has 1 unspecified atom stereocenters. The SMILES string of the molecule is CCn1cc(CC(NN)c2cc(F)ccc2F)cn1. The number of hydrogen-bond donors (Lipinski definition) is 2. The van der Waals surface area contributed by atoms with E-state index in [0.717, 1.165) is 30.3 Å². The van der Waals surface area contributed by atoms with E-state index in [1.165, 1.54) is 0 Å². The normalized spacial score (nSPS) is 12.6. The van der Waals surface area contributed by atoms with Gasteiger partial charge in [-0.2, -0.15) is 5.10 Å². The maximum absolute atomic E-state index is 13.7.